The zero-order valence-corrected chi connectivity index (χ0v) is 13.1. The highest BCUT2D eigenvalue weighted by molar-refractivity contribution is 6.32. The molecule has 3 rings (SSSR count). The standard InChI is InChI=1S/C15H19ClN2O4/c16-13-9-11(15(19)18-3-7-21-8-4-18)10-17-14(13)22-12-1-5-20-6-2-12/h9-10,12H,1-8H2. The molecule has 3 heterocycles. The van der Waals surface area contributed by atoms with E-state index in [9.17, 15) is 4.79 Å². The molecule has 22 heavy (non-hydrogen) atoms. The van der Waals surface area contributed by atoms with Crippen LogP contribution in [0.2, 0.25) is 5.02 Å². The molecule has 2 saturated heterocycles. The number of amides is 1. The molecule has 6 nitrogen and oxygen atoms in total. The molecular formula is C15H19ClN2O4. The second kappa shape index (κ2) is 7.26. The Hall–Kier alpha value is -1.37. The van der Waals surface area contributed by atoms with Crippen molar-refractivity contribution >= 4 is 17.5 Å². The third-order valence-corrected chi connectivity index (χ3v) is 4.07. The van der Waals surface area contributed by atoms with E-state index in [0.29, 0.717) is 56.0 Å². The molecule has 1 amide bonds. The van der Waals surface area contributed by atoms with Crippen molar-refractivity contribution in [2.45, 2.75) is 18.9 Å². The molecule has 1 aromatic heterocycles. The van der Waals surface area contributed by atoms with Crippen molar-refractivity contribution in [2.75, 3.05) is 39.5 Å². The summed E-state index contributed by atoms with van der Waals surface area (Å²) in [5.74, 6) is 0.308. The lowest BCUT2D eigenvalue weighted by molar-refractivity contribution is 0.0237. The number of hydrogen-bond donors (Lipinski definition) is 0. The third-order valence-electron chi connectivity index (χ3n) is 3.80. The van der Waals surface area contributed by atoms with Crippen molar-refractivity contribution < 1.29 is 19.0 Å². The highest BCUT2D eigenvalue weighted by Crippen LogP contribution is 2.26. The minimum absolute atomic E-state index is 0.0690. The molecule has 0 aliphatic carbocycles. The Morgan fingerprint density at radius 3 is 2.59 bits per heavy atom. The Morgan fingerprint density at radius 1 is 1.23 bits per heavy atom. The van der Waals surface area contributed by atoms with Crippen LogP contribution in [0.5, 0.6) is 5.88 Å². The first-order valence-electron chi connectivity index (χ1n) is 7.51. The molecule has 2 aliphatic heterocycles. The van der Waals surface area contributed by atoms with Crippen LogP contribution in [0.3, 0.4) is 0 Å². The van der Waals surface area contributed by atoms with Crippen LogP contribution >= 0.6 is 11.6 Å². The van der Waals surface area contributed by atoms with E-state index in [-0.39, 0.29) is 12.0 Å². The summed E-state index contributed by atoms with van der Waals surface area (Å²) in [7, 11) is 0. The lowest BCUT2D eigenvalue weighted by Gasteiger charge is -2.27. The van der Waals surface area contributed by atoms with Crippen molar-refractivity contribution in [3.63, 3.8) is 0 Å². The van der Waals surface area contributed by atoms with E-state index in [1.807, 2.05) is 0 Å². The number of hydrogen-bond acceptors (Lipinski definition) is 5. The monoisotopic (exact) mass is 326 g/mol. The Kier molecular flexibility index (Phi) is 5.12. The van der Waals surface area contributed by atoms with Gasteiger partial charge in [-0.3, -0.25) is 4.79 Å². The van der Waals surface area contributed by atoms with Gasteiger partial charge in [-0.25, -0.2) is 4.98 Å². The van der Waals surface area contributed by atoms with Crippen molar-refractivity contribution in [1.29, 1.82) is 0 Å². The summed E-state index contributed by atoms with van der Waals surface area (Å²) in [4.78, 5) is 18.3. The van der Waals surface area contributed by atoms with E-state index < -0.39 is 0 Å². The summed E-state index contributed by atoms with van der Waals surface area (Å²) in [5, 5.41) is 0.366. The number of carbonyl (C=O) groups excluding carboxylic acids is 1. The largest absolute Gasteiger partial charge is 0.473 e. The van der Waals surface area contributed by atoms with Crippen LogP contribution in [0, 0.1) is 0 Å². The molecule has 7 heteroatoms. The van der Waals surface area contributed by atoms with Crippen LogP contribution in [0.15, 0.2) is 12.3 Å². The maximum atomic E-state index is 12.4. The smallest absolute Gasteiger partial charge is 0.255 e. The molecule has 2 aliphatic rings. The van der Waals surface area contributed by atoms with E-state index in [1.165, 1.54) is 6.20 Å². The van der Waals surface area contributed by atoms with Gasteiger partial charge in [0.05, 0.1) is 32.0 Å². The second-order valence-electron chi connectivity index (χ2n) is 5.35. The molecule has 2 fully saturated rings. The number of ether oxygens (including phenoxy) is 3. The summed E-state index contributed by atoms with van der Waals surface area (Å²) in [6, 6.07) is 1.63. The van der Waals surface area contributed by atoms with Gasteiger partial charge < -0.3 is 19.1 Å². The zero-order valence-electron chi connectivity index (χ0n) is 12.3. The summed E-state index contributed by atoms with van der Waals surface area (Å²) in [5.41, 5.74) is 0.478. The predicted octanol–water partition coefficient (Wildman–Crippen LogP) is 1.77. The van der Waals surface area contributed by atoms with E-state index >= 15 is 0 Å². The molecule has 0 N–H and O–H groups in total. The Bertz CT molecular complexity index is 528. The quantitative estimate of drug-likeness (QED) is 0.847. The van der Waals surface area contributed by atoms with Crippen molar-refractivity contribution in [2.24, 2.45) is 0 Å². The highest BCUT2D eigenvalue weighted by Gasteiger charge is 2.21. The van der Waals surface area contributed by atoms with E-state index in [1.54, 1.807) is 11.0 Å². The van der Waals surface area contributed by atoms with Gasteiger partial charge in [0.2, 0.25) is 5.88 Å². The van der Waals surface area contributed by atoms with Gasteiger partial charge in [0.15, 0.2) is 0 Å². The van der Waals surface area contributed by atoms with Crippen molar-refractivity contribution in [1.82, 2.24) is 9.88 Å². The first kappa shape index (κ1) is 15.5. The predicted molar refractivity (Wildman–Crippen MR) is 80.4 cm³/mol. The first-order valence-corrected chi connectivity index (χ1v) is 7.89. The third kappa shape index (κ3) is 3.69. The van der Waals surface area contributed by atoms with E-state index in [0.717, 1.165) is 12.8 Å². The van der Waals surface area contributed by atoms with E-state index in [4.69, 9.17) is 25.8 Å². The normalized spacial score (nSPS) is 20.0. The van der Waals surface area contributed by atoms with Gasteiger partial charge in [0, 0.05) is 32.1 Å². The Balaban J connectivity index is 1.67. The minimum Gasteiger partial charge on any atom is -0.473 e. The molecule has 0 saturated carbocycles. The number of nitrogens with zero attached hydrogens (tertiary/aromatic N) is 2. The van der Waals surface area contributed by atoms with Crippen molar-refractivity contribution in [3.8, 4) is 5.88 Å². The fourth-order valence-electron chi connectivity index (χ4n) is 2.53. The Morgan fingerprint density at radius 2 is 1.91 bits per heavy atom. The molecular weight excluding hydrogens is 308 g/mol. The van der Waals surface area contributed by atoms with Crippen LogP contribution in [-0.4, -0.2) is 61.4 Å². The summed E-state index contributed by atoms with van der Waals surface area (Å²) < 4.78 is 16.3. The van der Waals surface area contributed by atoms with Crippen LogP contribution in [0.25, 0.3) is 0 Å². The maximum Gasteiger partial charge on any atom is 0.255 e. The fourth-order valence-corrected chi connectivity index (χ4v) is 2.74. The molecule has 0 bridgehead atoms. The molecule has 0 radical (unpaired) electrons. The zero-order chi connectivity index (χ0) is 15.4. The van der Waals surface area contributed by atoms with Gasteiger partial charge in [0.1, 0.15) is 11.1 Å². The lowest BCUT2D eigenvalue weighted by Crippen LogP contribution is -2.40. The van der Waals surface area contributed by atoms with Gasteiger partial charge >= 0.3 is 0 Å². The topological polar surface area (TPSA) is 60.9 Å². The van der Waals surface area contributed by atoms with Crippen molar-refractivity contribution in [3.05, 3.63) is 22.8 Å². The molecule has 0 spiro atoms. The Labute approximate surface area is 134 Å². The SMILES string of the molecule is O=C(c1cnc(OC2CCOCC2)c(Cl)c1)N1CCOCC1. The molecule has 0 unspecified atom stereocenters. The molecule has 0 atom stereocenters. The van der Waals surface area contributed by atoms with Gasteiger partial charge in [-0.1, -0.05) is 11.6 Å². The minimum atomic E-state index is -0.0738. The summed E-state index contributed by atoms with van der Waals surface area (Å²) >= 11 is 6.22. The van der Waals surface area contributed by atoms with E-state index in [2.05, 4.69) is 4.98 Å². The molecule has 0 aromatic carbocycles. The number of pyridine rings is 1. The van der Waals surface area contributed by atoms with Crippen LogP contribution in [0.1, 0.15) is 23.2 Å². The number of carbonyl (C=O) groups is 1. The number of halogens is 1. The second-order valence-corrected chi connectivity index (χ2v) is 5.75. The average molecular weight is 327 g/mol. The number of rotatable bonds is 3. The summed E-state index contributed by atoms with van der Waals surface area (Å²) in [6.07, 6.45) is 3.25. The molecule has 1 aromatic rings. The molecule has 120 valence electrons. The van der Waals surface area contributed by atoms with Crippen LogP contribution < -0.4 is 4.74 Å². The first-order chi connectivity index (χ1) is 10.7. The van der Waals surface area contributed by atoms with Crippen LogP contribution in [0.4, 0.5) is 0 Å². The average Bonchev–Trinajstić information content (AvgIpc) is 2.58. The summed E-state index contributed by atoms with van der Waals surface area (Å²) in [6.45, 7) is 3.70. The number of aromatic nitrogens is 1. The van der Waals surface area contributed by atoms with Gasteiger partial charge in [-0.05, 0) is 6.07 Å². The fraction of sp³-hybridized carbons (Fsp3) is 0.600. The van der Waals surface area contributed by atoms with Gasteiger partial charge in [0.25, 0.3) is 5.91 Å². The van der Waals surface area contributed by atoms with Crippen LogP contribution in [-0.2, 0) is 9.47 Å². The van der Waals surface area contributed by atoms with Gasteiger partial charge in [-0.15, -0.1) is 0 Å². The lowest BCUT2D eigenvalue weighted by atomic mass is 10.1. The van der Waals surface area contributed by atoms with Gasteiger partial charge in [-0.2, -0.15) is 0 Å². The maximum absolute atomic E-state index is 12.4. The highest BCUT2D eigenvalue weighted by atomic mass is 35.5. The number of morpholine rings is 1.